The van der Waals surface area contributed by atoms with E-state index in [2.05, 4.69) is 11.6 Å². The lowest BCUT2D eigenvalue weighted by Crippen LogP contribution is -2.60. The Balaban J connectivity index is 3.57. The minimum atomic E-state index is -6.35. The summed E-state index contributed by atoms with van der Waals surface area (Å²) in [6.07, 6.45) is -2.19. The first-order chi connectivity index (χ1) is 7.29. The minimum absolute atomic E-state index is 1.63. The van der Waals surface area contributed by atoms with Crippen molar-refractivity contribution in [1.29, 1.82) is 0 Å². The summed E-state index contributed by atoms with van der Waals surface area (Å²) in [6.45, 7) is 0. The van der Waals surface area contributed by atoms with Crippen molar-refractivity contribution < 1.29 is 35.1 Å². The van der Waals surface area contributed by atoms with Gasteiger partial charge in [0.1, 0.15) is 5.03 Å². The van der Waals surface area contributed by atoms with E-state index < -0.39 is 40.2 Å². The Morgan fingerprint density at radius 2 is 1.18 bits per heavy atom. The van der Waals surface area contributed by atoms with Crippen LogP contribution in [-0.2, 0) is 0 Å². The van der Waals surface area contributed by atoms with Gasteiger partial charge in [-0.2, -0.15) is 35.1 Å². The molecule has 0 nitrogen and oxygen atoms in total. The molecule has 0 fully saturated rings. The van der Waals surface area contributed by atoms with Gasteiger partial charge >= 0.3 is 23.7 Å². The smallest absolute Gasteiger partial charge is 0.199 e. The van der Waals surface area contributed by atoms with Crippen LogP contribution in [0.4, 0.5) is 35.1 Å². The molecule has 0 bridgehead atoms. The van der Waals surface area contributed by atoms with Gasteiger partial charge < -0.3 is 0 Å². The predicted octanol–water partition coefficient (Wildman–Crippen LogP) is 4.62. The van der Waals surface area contributed by atoms with Gasteiger partial charge in [0.15, 0.2) is 0 Å². The fourth-order valence-corrected chi connectivity index (χ4v) is 1.59. The summed E-state index contributed by atoms with van der Waals surface area (Å²) in [4.78, 5) is 0. The second-order valence-electron chi connectivity index (χ2n) is 3.32. The number of allylic oxidation sites excluding steroid dienone is 2. The standard InChI is InChI=1S/C7H2Cl2F8/c8-2-1-4(10,11)6(14,15)7(16,17)5(12,13)3(2)9/h1H2. The summed E-state index contributed by atoms with van der Waals surface area (Å²) >= 11 is 9.47. The van der Waals surface area contributed by atoms with Crippen LogP contribution < -0.4 is 0 Å². The Hall–Kier alpha value is -0.240. The van der Waals surface area contributed by atoms with E-state index >= 15 is 0 Å². The van der Waals surface area contributed by atoms with Gasteiger partial charge in [-0.1, -0.05) is 23.2 Å². The number of halogens is 10. The van der Waals surface area contributed by atoms with E-state index in [1.54, 1.807) is 0 Å². The van der Waals surface area contributed by atoms with Gasteiger partial charge in [0.05, 0.1) is 6.42 Å². The van der Waals surface area contributed by atoms with Gasteiger partial charge in [0, 0.05) is 5.03 Å². The predicted molar refractivity (Wildman–Crippen MR) is 43.1 cm³/mol. The van der Waals surface area contributed by atoms with Gasteiger partial charge in [0.2, 0.25) is 0 Å². The van der Waals surface area contributed by atoms with Crippen molar-refractivity contribution in [3.8, 4) is 0 Å². The summed E-state index contributed by atoms with van der Waals surface area (Å²) in [5.74, 6) is -23.7. The number of hydrogen-bond donors (Lipinski definition) is 0. The first-order valence-electron chi connectivity index (χ1n) is 3.85. The van der Waals surface area contributed by atoms with Crippen LogP contribution in [0.3, 0.4) is 0 Å². The third-order valence-corrected chi connectivity index (χ3v) is 3.02. The third-order valence-electron chi connectivity index (χ3n) is 2.14. The maximum absolute atomic E-state index is 12.9. The summed E-state index contributed by atoms with van der Waals surface area (Å²) in [5.41, 5.74) is 0. The fourth-order valence-electron chi connectivity index (χ4n) is 1.12. The maximum Gasteiger partial charge on any atom is 0.383 e. The monoisotopic (exact) mass is 308 g/mol. The van der Waals surface area contributed by atoms with Crippen LogP contribution in [0.15, 0.2) is 10.1 Å². The molecule has 0 aromatic heterocycles. The highest BCUT2D eigenvalue weighted by Crippen LogP contribution is 2.60. The average molecular weight is 309 g/mol. The fraction of sp³-hybridized carbons (Fsp3) is 0.714. The SMILES string of the molecule is FC1(F)CC(Cl)=C(Cl)C(F)(F)C(F)(F)C1(F)F. The Kier molecular flexibility index (Phi) is 3.16. The summed E-state index contributed by atoms with van der Waals surface area (Å²) in [7, 11) is 0. The zero-order valence-corrected chi connectivity index (χ0v) is 9.00. The second kappa shape index (κ2) is 3.63. The second-order valence-corrected chi connectivity index (χ2v) is 4.16. The Labute approximate surface area is 99.2 Å². The molecule has 0 N–H and O–H groups in total. The number of alkyl halides is 8. The van der Waals surface area contributed by atoms with Crippen LogP contribution >= 0.6 is 23.2 Å². The topological polar surface area (TPSA) is 0 Å². The van der Waals surface area contributed by atoms with Crippen LogP contribution in [0.25, 0.3) is 0 Å². The Morgan fingerprint density at radius 1 is 0.765 bits per heavy atom. The zero-order chi connectivity index (χ0) is 13.9. The molecule has 0 aromatic rings. The molecule has 0 radical (unpaired) electrons. The molecule has 0 heterocycles. The molecular weight excluding hydrogens is 307 g/mol. The van der Waals surface area contributed by atoms with Crippen molar-refractivity contribution in [2.45, 2.75) is 30.1 Å². The summed E-state index contributed by atoms with van der Waals surface area (Å²) in [5, 5.41) is -3.83. The molecule has 1 rings (SSSR count). The molecule has 0 atom stereocenters. The van der Waals surface area contributed by atoms with Crippen LogP contribution in [-0.4, -0.2) is 23.7 Å². The van der Waals surface area contributed by atoms with Gasteiger partial charge in [0.25, 0.3) is 0 Å². The quantitative estimate of drug-likeness (QED) is 0.573. The lowest BCUT2D eigenvalue weighted by molar-refractivity contribution is -0.352. The molecule has 1 aliphatic rings. The Morgan fingerprint density at radius 3 is 1.59 bits per heavy atom. The molecule has 0 amide bonds. The van der Waals surface area contributed by atoms with Crippen LogP contribution in [0, 0.1) is 0 Å². The minimum Gasteiger partial charge on any atom is -0.199 e. The molecule has 0 saturated heterocycles. The van der Waals surface area contributed by atoms with Gasteiger partial charge in [-0.25, -0.2) is 0 Å². The molecule has 100 valence electrons. The molecule has 17 heavy (non-hydrogen) atoms. The zero-order valence-electron chi connectivity index (χ0n) is 7.49. The lowest BCUT2D eigenvalue weighted by Gasteiger charge is -2.33. The molecule has 0 saturated carbocycles. The maximum atomic E-state index is 12.9. The van der Waals surface area contributed by atoms with E-state index in [-0.39, 0.29) is 0 Å². The molecular formula is C7H2Cl2F8. The first kappa shape index (κ1) is 14.8. The van der Waals surface area contributed by atoms with E-state index in [9.17, 15) is 35.1 Å². The van der Waals surface area contributed by atoms with Gasteiger partial charge in [-0.3, -0.25) is 0 Å². The third kappa shape index (κ3) is 1.71. The summed E-state index contributed by atoms with van der Waals surface area (Å²) < 4.78 is 102. The Bertz CT molecular complexity index is 372. The van der Waals surface area contributed by atoms with E-state index in [0.717, 1.165) is 0 Å². The lowest BCUT2D eigenvalue weighted by atomic mass is 10.0. The molecule has 10 heteroatoms. The highest BCUT2D eigenvalue weighted by molar-refractivity contribution is 6.39. The molecule has 0 aliphatic heterocycles. The van der Waals surface area contributed by atoms with Crippen molar-refractivity contribution in [3.05, 3.63) is 10.1 Å². The van der Waals surface area contributed by atoms with Crippen molar-refractivity contribution >= 4 is 23.2 Å². The van der Waals surface area contributed by atoms with E-state index in [1.807, 2.05) is 0 Å². The number of hydrogen-bond acceptors (Lipinski definition) is 0. The molecule has 0 unspecified atom stereocenters. The highest BCUT2D eigenvalue weighted by Gasteiger charge is 2.82. The van der Waals surface area contributed by atoms with Crippen LogP contribution in [0.1, 0.15) is 6.42 Å². The van der Waals surface area contributed by atoms with E-state index in [4.69, 9.17) is 11.6 Å². The largest absolute Gasteiger partial charge is 0.383 e. The van der Waals surface area contributed by atoms with Crippen molar-refractivity contribution in [3.63, 3.8) is 0 Å². The van der Waals surface area contributed by atoms with Crippen LogP contribution in [0.2, 0.25) is 0 Å². The number of rotatable bonds is 0. The molecule has 1 aliphatic carbocycles. The molecule has 0 aromatic carbocycles. The molecule has 0 spiro atoms. The normalized spacial score (nSPS) is 30.0. The first-order valence-corrected chi connectivity index (χ1v) is 4.60. The van der Waals surface area contributed by atoms with E-state index in [1.165, 1.54) is 0 Å². The average Bonchev–Trinajstić information content (AvgIpc) is 2.15. The van der Waals surface area contributed by atoms with Crippen molar-refractivity contribution in [2.75, 3.05) is 0 Å². The summed E-state index contributed by atoms with van der Waals surface area (Å²) in [6, 6.07) is 0. The van der Waals surface area contributed by atoms with E-state index in [0.29, 0.717) is 0 Å². The van der Waals surface area contributed by atoms with Crippen molar-refractivity contribution in [2.24, 2.45) is 0 Å². The van der Waals surface area contributed by atoms with Crippen molar-refractivity contribution in [1.82, 2.24) is 0 Å². The van der Waals surface area contributed by atoms with Gasteiger partial charge in [-0.15, -0.1) is 0 Å². The van der Waals surface area contributed by atoms with Gasteiger partial charge in [-0.05, 0) is 0 Å². The van der Waals surface area contributed by atoms with Crippen LogP contribution in [0.5, 0.6) is 0 Å². The highest BCUT2D eigenvalue weighted by atomic mass is 35.5.